The van der Waals surface area contributed by atoms with Crippen LogP contribution in [0.15, 0.2) is 260 Å². The molecule has 11 aromatic rings. The largest absolute Gasteiger partial charge is 0.340 e. The van der Waals surface area contributed by atoms with Gasteiger partial charge in [0.15, 0.2) is 0 Å². The second-order valence-electron chi connectivity index (χ2n) is 18.8. The van der Waals surface area contributed by atoms with Crippen molar-refractivity contribution in [2.75, 3.05) is 5.32 Å². The van der Waals surface area contributed by atoms with E-state index in [0.717, 1.165) is 33.9 Å². The Morgan fingerprint density at radius 1 is 0.320 bits per heavy atom. The molecule has 0 atom stereocenters. The molecule has 0 amide bonds. The lowest BCUT2D eigenvalue weighted by molar-refractivity contribution is 0.593. The maximum absolute atomic E-state index is 5.09. The number of fused-ring (bicyclic) bond motifs is 2. The fraction of sp³-hybridized carbons (Fsp3) is 0.137. The van der Waals surface area contributed by atoms with Gasteiger partial charge in [-0.15, -0.1) is 0 Å². The smallest absolute Gasteiger partial charge is 0.138 e. The monoisotopic (exact) mass is 975 g/mol. The first-order valence-electron chi connectivity index (χ1n) is 26.9. The molecule has 0 unspecified atom stereocenters. The van der Waals surface area contributed by atoms with Crippen LogP contribution in [0.1, 0.15) is 73.4 Å². The minimum absolute atomic E-state index is 0.168. The predicted octanol–water partition coefficient (Wildman–Crippen LogP) is 21.6. The maximum atomic E-state index is 5.09. The first-order valence-corrected chi connectivity index (χ1v) is 26.9. The molecule has 0 fully saturated rings. The Labute approximate surface area is 447 Å². The maximum Gasteiger partial charge on any atom is 0.138 e. The van der Waals surface area contributed by atoms with Crippen molar-refractivity contribution in [2.45, 2.75) is 67.7 Å². The number of benzene rings is 11. The molecule has 0 bridgehead atoms. The number of amidine groups is 1. The van der Waals surface area contributed by atoms with Gasteiger partial charge in [-0.1, -0.05) is 263 Å². The summed E-state index contributed by atoms with van der Waals surface area (Å²) in [5.41, 5.74) is 18.4. The van der Waals surface area contributed by atoms with Gasteiger partial charge in [-0.2, -0.15) is 0 Å². The van der Waals surface area contributed by atoms with Gasteiger partial charge in [-0.25, -0.2) is 4.99 Å². The van der Waals surface area contributed by atoms with Crippen molar-refractivity contribution in [1.82, 2.24) is 0 Å². The molecule has 0 spiro atoms. The highest BCUT2D eigenvalue weighted by molar-refractivity contribution is 6.22. The van der Waals surface area contributed by atoms with Crippen molar-refractivity contribution in [1.29, 1.82) is 0 Å². The number of hydrogen-bond donors (Lipinski definition) is 1. The molecule has 372 valence electrons. The Morgan fingerprint density at radius 3 is 1.21 bits per heavy atom. The van der Waals surface area contributed by atoms with E-state index < -0.39 is 0 Å². The van der Waals surface area contributed by atoms with Crippen molar-refractivity contribution in [3.63, 3.8) is 0 Å². The minimum atomic E-state index is -0.168. The van der Waals surface area contributed by atoms with Gasteiger partial charge in [0.1, 0.15) is 5.84 Å². The number of nitrogens with zero attached hydrogens (tertiary/aromatic N) is 1. The molecule has 0 aromatic heterocycles. The van der Waals surface area contributed by atoms with Crippen LogP contribution in [0, 0.1) is 0 Å². The SMILES string of the molecule is CC.CC.CC.CC(C)(C)c1cc2c(-c3cccc(-c4ccccc4)c3)c3ccccc3c(-c3cccc(-c4ccccc4)c3)c2cc1-c1ccc(-c2cccc(C(=Nc3ccccc3)Nc3ccccc3)c2)cc1. The van der Waals surface area contributed by atoms with Gasteiger partial charge in [0, 0.05) is 11.3 Å². The number of aliphatic imine (C=N–C) groups is 1. The minimum Gasteiger partial charge on any atom is -0.340 e. The molecule has 0 aliphatic carbocycles. The molecule has 0 aliphatic rings. The van der Waals surface area contributed by atoms with E-state index in [1.54, 1.807) is 0 Å². The Kier molecular flexibility index (Phi) is 17.5. The molecule has 0 heterocycles. The molecule has 0 saturated carbocycles. The van der Waals surface area contributed by atoms with Crippen molar-refractivity contribution < 1.29 is 0 Å². The third-order valence-electron chi connectivity index (χ3n) is 13.2. The standard InChI is InChI=1S/C67H52N2.3C2H6/c1-67(2,3)63-45-62-61(44-60(63)49-39-37-48(38-40-49)52-27-20-30-55(43-52)66(68-56-31-12-6-13-32-56)69-57-33-14-7-15-34-57)64(53-28-18-25-50(41-53)46-21-8-4-9-22-46)58-35-16-17-36-59(58)65(62)54-29-19-26-51(42-54)47-23-10-5-11-24-47;3*1-2/h4-45H,1-3H3,(H,68,69);3*1-2H3. The summed E-state index contributed by atoms with van der Waals surface area (Å²) < 4.78 is 0. The van der Waals surface area contributed by atoms with Gasteiger partial charge in [-0.3, -0.25) is 0 Å². The highest BCUT2D eigenvalue weighted by atomic mass is 15.0. The molecule has 0 radical (unpaired) electrons. The van der Waals surface area contributed by atoms with Crippen LogP contribution in [0.2, 0.25) is 0 Å². The number of anilines is 1. The second kappa shape index (κ2) is 24.9. The zero-order valence-electron chi connectivity index (χ0n) is 45.2. The summed E-state index contributed by atoms with van der Waals surface area (Å²) in [6.45, 7) is 19.0. The lowest BCUT2D eigenvalue weighted by atomic mass is 9.77. The average Bonchev–Trinajstić information content (AvgIpc) is 3.49. The highest BCUT2D eigenvalue weighted by Gasteiger charge is 2.25. The second-order valence-corrected chi connectivity index (χ2v) is 18.8. The molecule has 0 saturated heterocycles. The van der Waals surface area contributed by atoms with Crippen molar-refractivity contribution in [3.8, 4) is 66.8 Å². The highest BCUT2D eigenvalue weighted by Crippen LogP contribution is 2.48. The van der Waals surface area contributed by atoms with Crippen LogP contribution in [0.4, 0.5) is 11.4 Å². The lowest BCUT2D eigenvalue weighted by Crippen LogP contribution is -2.13. The lowest BCUT2D eigenvalue weighted by Gasteiger charge is -2.27. The normalized spacial score (nSPS) is 11.1. The van der Waals surface area contributed by atoms with E-state index in [0.29, 0.717) is 0 Å². The van der Waals surface area contributed by atoms with Crippen LogP contribution >= 0.6 is 0 Å². The van der Waals surface area contributed by atoms with E-state index in [1.807, 2.05) is 90.1 Å². The van der Waals surface area contributed by atoms with Crippen molar-refractivity contribution >= 4 is 38.8 Å². The first-order chi connectivity index (χ1) is 36.8. The van der Waals surface area contributed by atoms with E-state index in [4.69, 9.17) is 4.99 Å². The fourth-order valence-electron chi connectivity index (χ4n) is 9.82. The van der Waals surface area contributed by atoms with Crippen LogP contribution in [-0.2, 0) is 5.41 Å². The van der Waals surface area contributed by atoms with Crippen molar-refractivity contribution in [3.05, 3.63) is 266 Å². The van der Waals surface area contributed by atoms with E-state index in [9.17, 15) is 0 Å². The third kappa shape index (κ3) is 11.9. The Bertz CT molecular complexity index is 3620. The van der Waals surface area contributed by atoms with Crippen LogP contribution in [0.25, 0.3) is 88.3 Å². The summed E-state index contributed by atoms with van der Waals surface area (Å²) in [5.74, 6) is 0.792. The van der Waals surface area contributed by atoms with Gasteiger partial charge in [0.05, 0.1) is 5.69 Å². The molecule has 1 N–H and O–H groups in total. The van der Waals surface area contributed by atoms with Gasteiger partial charge < -0.3 is 5.32 Å². The third-order valence-corrected chi connectivity index (χ3v) is 13.2. The predicted molar refractivity (Wildman–Crippen MR) is 330 cm³/mol. The zero-order chi connectivity index (χ0) is 52.7. The van der Waals surface area contributed by atoms with E-state index in [-0.39, 0.29) is 5.41 Å². The molecule has 2 heteroatoms. The van der Waals surface area contributed by atoms with Gasteiger partial charge in [0.2, 0.25) is 0 Å². The quantitative estimate of drug-likeness (QED) is 0.0870. The molecule has 0 aliphatic heterocycles. The molecular weight excluding hydrogens is 905 g/mol. The topological polar surface area (TPSA) is 24.4 Å². The summed E-state index contributed by atoms with van der Waals surface area (Å²) in [5, 5.41) is 8.56. The van der Waals surface area contributed by atoms with Crippen LogP contribution in [0.5, 0.6) is 0 Å². The molecular formula is C73H70N2. The first kappa shape index (κ1) is 52.7. The molecule has 75 heavy (non-hydrogen) atoms. The van der Waals surface area contributed by atoms with Crippen LogP contribution in [-0.4, -0.2) is 5.84 Å². The molecule has 11 rings (SSSR count). The zero-order valence-corrected chi connectivity index (χ0v) is 45.2. The van der Waals surface area contributed by atoms with E-state index in [2.05, 4.69) is 232 Å². The van der Waals surface area contributed by atoms with Crippen molar-refractivity contribution in [2.24, 2.45) is 4.99 Å². The summed E-state index contributed by atoms with van der Waals surface area (Å²) in [6, 6.07) is 91.9. The van der Waals surface area contributed by atoms with Gasteiger partial charge >= 0.3 is 0 Å². The van der Waals surface area contributed by atoms with Gasteiger partial charge in [0.25, 0.3) is 0 Å². The number of nitrogens with one attached hydrogen (secondary N) is 1. The summed E-state index contributed by atoms with van der Waals surface area (Å²) >= 11 is 0. The Morgan fingerprint density at radius 2 is 0.707 bits per heavy atom. The van der Waals surface area contributed by atoms with Gasteiger partial charge in [-0.05, 0) is 154 Å². The summed E-state index contributed by atoms with van der Waals surface area (Å²) in [4.78, 5) is 5.09. The fourth-order valence-corrected chi connectivity index (χ4v) is 9.82. The Hall–Kier alpha value is -8.59. The number of para-hydroxylation sites is 2. The van der Waals surface area contributed by atoms with Crippen LogP contribution < -0.4 is 5.32 Å². The molecule has 2 nitrogen and oxygen atoms in total. The Balaban J connectivity index is 0.00000120. The average molecular weight is 975 g/mol. The van der Waals surface area contributed by atoms with E-state index in [1.165, 1.54) is 82.7 Å². The molecule has 11 aromatic carbocycles. The summed E-state index contributed by atoms with van der Waals surface area (Å²) in [6.07, 6.45) is 0. The summed E-state index contributed by atoms with van der Waals surface area (Å²) in [7, 11) is 0. The van der Waals surface area contributed by atoms with Crippen LogP contribution in [0.3, 0.4) is 0 Å². The van der Waals surface area contributed by atoms with E-state index >= 15 is 0 Å². The number of hydrogen-bond acceptors (Lipinski definition) is 1. The number of rotatable bonds is 9.